The summed E-state index contributed by atoms with van der Waals surface area (Å²) in [5, 5.41) is 1.07. The van der Waals surface area contributed by atoms with Crippen LogP contribution < -0.4 is 4.74 Å². The van der Waals surface area contributed by atoms with Gasteiger partial charge in [-0.2, -0.15) is 0 Å². The minimum absolute atomic E-state index is 0.806. The zero-order chi connectivity index (χ0) is 15.2. The van der Waals surface area contributed by atoms with Gasteiger partial charge in [0.15, 0.2) is 0 Å². The Morgan fingerprint density at radius 1 is 0.955 bits per heavy atom. The lowest BCUT2D eigenvalue weighted by molar-refractivity contribution is 0.305. The molecule has 0 unspecified atom stereocenters. The third-order valence-electron chi connectivity index (χ3n) is 3.66. The van der Waals surface area contributed by atoms with E-state index in [0.717, 1.165) is 34.9 Å². The van der Waals surface area contributed by atoms with Crippen molar-refractivity contribution < 1.29 is 4.74 Å². The first kappa shape index (κ1) is 15.0. The Hall–Kier alpha value is -1.87. The SMILES string of the molecule is CCCCCCOc1ccc(-c2nc3ccccc3s2)cc1. The van der Waals surface area contributed by atoms with Gasteiger partial charge in [0.05, 0.1) is 16.8 Å². The van der Waals surface area contributed by atoms with Crippen LogP contribution in [0.5, 0.6) is 5.75 Å². The number of rotatable bonds is 7. The predicted molar refractivity (Wildman–Crippen MR) is 94.7 cm³/mol. The molecule has 0 aliphatic rings. The quantitative estimate of drug-likeness (QED) is 0.505. The molecule has 0 amide bonds. The first-order valence-electron chi connectivity index (χ1n) is 7.95. The first-order chi connectivity index (χ1) is 10.9. The molecule has 0 N–H and O–H groups in total. The molecular formula is C19H21NOS. The van der Waals surface area contributed by atoms with Crippen LogP contribution in [0.3, 0.4) is 0 Å². The van der Waals surface area contributed by atoms with Crippen LogP contribution in [0.4, 0.5) is 0 Å². The second kappa shape index (κ2) is 7.41. The summed E-state index contributed by atoms with van der Waals surface area (Å²) in [5.74, 6) is 0.946. The summed E-state index contributed by atoms with van der Waals surface area (Å²) in [5.41, 5.74) is 2.22. The molecule has 1 heterocycles. The van der Waals surface area contributed by atoms with Crippen LogP contribution >= 0.6 is 11.3 Å². The molecule has 0 atom stereocenters. The summed E-state index contributed by atoms with van der Waals surface area (Å²) in [4.78, 5) is 4.69. The van der Waals surface area contributed by atoms with E-state index in [-0.39, 0.29) is 0 Å². The molecule has 1 aromatic heterocycles. The Morgan fingerprint density at radius 2 is 1.77 bits per heavy atom. The molecule has 0 spiro atoms. The molecule has 0 aliphatic heterocycles. The molecule has 3 heteroatoms. The second-order valence-electron chi connectivity index (χ2n) is 5.42. The van der Waals surface area contributed by atoms with Crippen LogP contribution in [-0.2, 0) is 0 Å². The highest BCUT2D eigenvalue weighted by molar-refractivity contribution is 7.21. The Labute approximate surface area is 135 Å². The van der Waals surface area contributed by atoms with Gasteiger partial charge in [-0.05, 0) is 42.8 Å². The topological polar surface area (TPSA) is 22.1 Å². The molecule has 0 saturated heterocycles. The van der Waals surface area contributed by atoms with Crippen molar-refractivity contribution in [2.45, 2.75) is 32.6 Å². The monoisotopic (exact) mass is 311 g/mol. The molecule has 114 valence electrons. The second-order valence-corrected chi connectivity index (χ2v) is 6.45. The van der Waals surface area contributed by atoms with E-state index in [1.54, 1.807) is 11.3 Å². The van der Waals surface area contributed by atoms with Crippen molar-refractivity contribution in [2.75, 3.05) is 6.61 Å². The summed E-state index contributed by atoms with van der Waals surface area (Å²) in [6.07, 6.45) is 4.94. The maximum Gasteiger partial charge on any atom is 0.124 e. The van der Waals surface area contributed by atoms with E-state index < -0.39 is 0 Å². The summed E-state index contributed by atoms with van der Waals surface area (Å²) >= 11 is 1.73. The number of hydrogen-bond acceptors (Lipinski definition) is 3. The summed E-state index contributed by atoms with van der Waals surface area (Å²) in [6, 6.07) is 16.5. The lowest BCUT2D eigenvalue weighted by Crippen LogP contribution is -1.96. The van der Waals surface area contributed by atoms with Gasteiger partial charge in [-0.25, -0.2) is 4.98 Å². The van der Waals surface area contributed by atoms with Crippen molar-refractivity contribution in [3.05, 3.63) is 48.5 Å². The van der Waals surface area contributed by atoms with Gasteiger partial charge in [0.1, 0.15) is 10.8 Å². The largest absolute Gasteiger partial charge is 0.494 e. The van der Waals surface area contributed by atoms with Crippen molar-refractivity contribution in [3.63, 3.8) is 0 Å². The number of nitrogens with zero attached hydrogens (tertiary/aromatic N) is 1. The minimum Gasteiger partial charge on any atom is -0.494 e. The molecule has 0 fully saturated rings. The van der Waals surface area contributed by atoms with Gasteiger partial charge >= 0.3 is 0 Å². The number of aromatic nitrogens is 1. The highest BCUT2D eigenvalue weighted by Crippen LogP contribution is 2.30. The van der Waals surface area contributed by atoms with E-state index in [1.165, 1.54) is 24.0 Å². The van der Waals surface area contributed by atoms with E-state index in [0.29, 0.717) is 0 Å². The number of para-hydroxylation sites is 1. The van der Waals surface area contributed by atoms with Crippen molar-refractivity contribution in [3.8, 4) is 16.3 Å². The van der Waals surface area contributed by atoms with Crippen LogP contribution in [0, 0.1) is 0 Å². The summed E-state index contributed by atoms with van der Waals surface area (Å²) in [7, 11) is 0. The smallest absolute Gasteiger partial charge is 0.124 e. The highest BCUT2D eigenvalue weighted by Gasteiger charge is 2.05. The predicted octanol–water partition coefficient (Wildman–Crippen LogP) is 5.92. The van der Waals surface area contributed by atoms with Crippen LogP contribution in [0.2, 0.25) is 0 Å². The van der Waals surface area contributed by atoms with Gasteiger partial charge in [0, 0.05) is 5.56 Å². The molecule has 22 heavy (non-hydrogen) atoms. The fourth-order valence-corrected chi connectivity index (χ4v) is 3.38. The van der Waals surface area contributed by atoms with Crippen LogP contribution in [0.1, 0.15) is 32.6 Å². The minimum atomic E-state index is 0.806. The lowest BCUT2D eigenvalue weighted by atomic mass is 10.2. The maximum absolute atomic E-state index is 5.79. The summed E-state index contributed by atoms with van der Waals surface area (Å²) in [6.45, 7) is 3.03. The van der Waals surface area contributed by atoms with E-state index in [4.69, 9.17) is 4.74 Å². The van der Waals surface area contributed by atoms with E-state index in [9.17, 15) is 0 Å². The zero-order valence-electron chi connectivity index (χ0n) is 12.9. The number of thiazole rings is 1. The standard InChI is InChI=1S/C19H21NOS/c1-2-3-4-7-14-21-16-12-10-15(11-13-16)19-20-17-8-5-6-9-18(17)22-19/h5-6,8-13H,2-4,7,14H2,1H3. The van der Waals surface area contributed by atoms with E-state index >= 15 is 0 Å². The normalized spacial score (nSPS) is 11.0. The van der Waals surface area contributed by atoms with Crippen molar-refractivity contribution in [1.82, 2.24) is 4.98 Å². The van der Waals surface area contributed by atoms with Gasteiger partial charge in [0.25, 0.3) is 0 Å². The fraction of sp³-hybridized carbons (Fsp3) is 0.316. The van der Waals surface area contributed by atoms with Crippen molar-refractivity contribution in [2.24, 2.45) is 0 Å². The van der Waals surface area contributed by atoms with Crippen molar-refractivity contribution in [1.29, 1.82) is 0 Å². The number of unbranched alkanes of at least 4 members (excludes halogenated alkanes) is 3. The molecule has 0 bridgehead atoms. The Kier molecular flexibility index (Phi) is 5.07. The van der Waals surface area contributed by atoms with Gasteiger partial charge in [0.2, 0.25) is 0 Å². The van der Waals surface area contributed by atoms with Gasteiger partial charge in [-0.1, -0.05) is 38.3 Å². The van der Waals surface area contributed by atoms with E-state index in [2.05, 4.69) is 42.2 Å². The molecule has 0 radical (unpaired) electrons. The van der Waals surface area contributed by atoms with Crippen LogP contribution in [-0.4, -0.2) is 11.6 Å². The molecule has 2 aromatic carbocycles. The molecule has 3 rings (SSSR count). The van der Waals surface area contributed by atoms with Gasteiger partial charge < -0.3 is 4.74 Å². The molecule has 0 aliphatic carbocycles. The van der Waals surface area contributed by atoms with Gasteiger partial charge in [-0.3, -0.25) is 0 Å². The molecule has 0 saturated carbocycles. The van der Waals surface area contributed by atoms with Crippen LogP contribution in [0.25, 0.3) is 20.8 Å². The maximum atomic E-state index is 5.79. The van der Waals surface area contributed by atoms with Gasteiger partial charge in [-0.15, -0.1) is 11.3 Å². The number of hydrogen-bond donors (Lipinski definition) is 0. The summed E-state index contributed by atoms with van der Waals surface area (Å²) < 4.78 is 7.02. The number of benzene rings is 2. The third-order valence-corrected chi connectivity index (χ3v) is 4.75. The molecule has 3 aromatic rings. The lowest BCUT2D eigenvalue weighted by Gasteiger charge is -2.06. The Bertz CT molecular complexity index is 685. The average Bonchev–Trinajstić information content (AvgIpc) is 2.99. The van der Waals surface area contributed by atoms with E-state index in [1.807, 2.05) is 18.2 Å². The first-order valence-corrected chi connectivity index (χ1v) is 8.77. The van der Waals surface area contributed by atoms with Crippen LogP contribution in [0.15, 0.2) is 48.5 Å². The Morgan fingerprint density at radius 3 is 2.55 bits per heavy atom. The number of ether oxygens (including phenoxy) is 1. The average molecular weight is 311 g/mol. The molecular weight excluding hydrogens is 290 g/mol. The fourth-order valence-electron chi connectivity index (χ4n) is 2.41. The Balaban J connectivity index is 1.63. The zero-order valence-corrected chi connectivity index (χ0v) is 13.7. The van der Waals surface area contributed by atoms with Crippen molar-refractivity contribution >= 4 is 21.6 Å². The molecule has 2 nitrogen and oxygen atoms in total. The highest BCUT2D eigenvalue weighted by atomic mass is 32.1. The third kappa shape index (κ3) is 3.66. The number of fused-ring (bicyclic) bond motifs is 1.